The second-order valence-corrected chi connectivity index (χ2v) is 9.33. The molecule has 9 nitrogen and oxygen atoms in total. The molecule has 1 fully saturated rings. The number of hydrogen-bond donors (Lipinski definition) is 0. The first kappa shape index (κ1) is 22.1. The third kappa shape index (κ3) is 4.28. The van der Waals surface area contributed by atoms with Crippen LogP contribution in [-0.4, -0.2) is 57.3 Å². The van der Waals surface area contributed by atoms with Crippen LogP contribution in [0.4, 0.5) is 0 Å². The topological polar surface area (TPSA) is 104 Å². The number of hydrogen-bond acceptors (Lipinski definition) is 8. The molecule has 10 heteroatoms. The van der Waals surface area contributed by atoms with E-state index in [9.17, 15) is 8.42 Å². The number of methoxy groups -OCH3 is 3. The molecule has 2 aromatic carbocycles. The molecule has 4 rings (SSSR count). The maximum Gasteiger partial charge on any atom is 0.247 e. The number of piperidine rings is 1. The minimum absolute atomic E-state index is 0.153. The Labute approximate surface area is 187 Å². The van der Waals surface area contributed by atoms with Gasteiger partial charge in [-0.25, -0.2) is 8.42 Å². The first-order chi connectivity index (χ1) is 15.5. The predicted molar refractivity (Wildman–Crippen MR) is 117 cm³/mol. The molecule has 1 atom stereocenters. The largest absolute Gasteiger partial charge is 0.497 e. The predicted octanol–water partition coefficient (Wildman–Crippen LogP) is 3.33. The van der Waals surface area contributed by atoms with Crippen LogP contribution in [0.3, 0.4) is 0 Å². The molecule has 0 N–H and O–H groups in total. The summed E-state index contributed by atoms with van der Waals surface area (Å²) in [6, 6.07) is 11.9. The molecule has 1 aromatic heterocycles. The Balaban J connectivity index is 1.54. The van der Waals surface area contributed by atoms with Crippen LogP contribution in [0.2, 0.25) is 0 Å². The minimum atomic E-state index is -3.72. The van der Waals surface area contributed by atoms with E-state index in [2.05, 4.69) is 10.2 Å². The molecule has 0 spiro atoms. The Bertz CT molecular complexity index is 1180. The van der Waals surface area contributed by atoms with Crippen molar-refractivity contribution in [3.63, 3.8) is 0 Å². The molecule has 1 aliphatic rings. The van der Waals surface area contributed by atoms with Crippen LogP contribution in [0.15, 0.2) is 51.8 Å². The zero-order valence-electron chi connectivity index (χ0n) is 18.1. The van der Waals surface area contributed by atoms with E-state index in [0.717, 1.165) is 17.7 Å². The molecular formula is C22H25N3O6S. The quantitative estimate of drug-likeness (QED) is 0.530. The van der Waals surface area contributed by atoms with Gasteiger partial charge in [0.15, 0.2) is 11.5 Å². The normalized spacial score (nSPS) is 17.2. The lowest BCUT2D eigenvalue weighted by Gasteiger charge is -2.30. The summed E-state index contributed by atoms with van der Waals surface area (Å²) in [6.45, 7) is 0.688. The summed E-state index contributed by atoms with van der Waals surface area (Å²) in [5, 5.41) is 8.34. The van der Waals surface area contributed by atoms with Crippen molar-refractivity contribution in [2.75, 3.05) is 34.4 Å². The SMILES string of the molecule is COc1ccc(-c2nnc([C@H]3CCCN(S(=O)(=O)c4ccc(OC)c(OC)c4)C3)o2)cc1. The van der Waals surface area contributed by atoms with Gasteiger partial charge in [-0.1, -0.05) is 0 Å². The molecule has 0 bridgehead atoms. The third-order valence-electron chi connectivity index (χ3n) is 5.50. The number of nitrogens with zero attached hydrogens (tertiary/aromatic N) is 3. The lowest BCUT2D eigenvalue weighted by atomic mass is 10.00. The van der Waals surface area contributed by atoms with Gasteiger partial charge in [-0.2, -0.15) is 4.31 Å². The van der Waals surface area contributed by atoms with Gasteiger partial charge in [0.1, 0.15) is 5.75 Å². The first-order valence-electron chi connectivity index (χ1n) is 10.2. The van der Waals surface area contributed by atoms with Gasteiger partial charge in [0.05, 0.1) is 32.1 Å². The van der Waals surface area contributed by atoms with E-state index >= 15 is 0 Å². The monoisotopic (exact) mass is 459 g/mol. The average Bonchev–Trinajstić information content (AvgIpc) is 3.34. The molecule has 170 valence electrons. The zero-order chi connectivity index (χ0) is 22.7. The molecule has 0 unspecified atom stereocenters. The van der Waals surface area contributed by atoms with Crippen molar-refractivity contribution in [2.45, 2.75) is 23.7 Å². The van der Waals surface area contributed by atoms with Crippen molar-refractivity contribution >= 4 is 10.0 Å². The molecular weight excluding hydrogens is 434 g/mol. The van der Waals surface area contributed by atoms with Crippen LogP contribution in [0, 0.1) is 0 Å². The zero-order valence-corrected chi connectivity index (χ0v) is 19.0. The average molecular weight is 460 g/mol. The Morgan fingerprint density at radius 2 is 1.72 bits per heavy atom. The Hall–Kier alpha value is -3.11. The van der Waals surface area contributed by atoms with Gasteiger partial charge in [0, 0.05) is 24.7 Å². The molecule has 3 aromatic rings. The van der Waals surface area contributed by atoms with Gasteiger partial charge in [0.25, 0.3) is 0 Å². The van der Waals surface area contributed by atoms with E-state index in [0.29, 0.717) is 36.2 Å². The second-order valence-electron chi connectivity index (χ2n) is 7.39. The number of sulfonamides is 1. The molecule has 0 radical (unpaired) electrons. The van der Waals surface area contributed by atoms with Crippen molar-refractivity contribution in [3.05, 3.63) is 48.4 Å². The summed E-state index contributed by atoms with van der Waals surface area (Å²) in [4.78, 5) is 0.153. The Kier molecular flexibility index (Phi) is 6.33. The molecule has 32 heavy (non-hydrogen) atoms. The molecule has 1 saturated heterocycles. The number of aromatic nitrogens is 2. The lowest BCUT2D eigenvalue weighted by molar-refractivity contribution is 0.286. The fourth-order valence-corrected chi connectivity index (χ4v) is 5.28. The standard InChI is InChI=1S/C22H25N3O6S/c1-28-17-8-6-15(7-9-17)21-23-24-22(31-21)16-5-4-12-25(14-16)32(26,27)18-10-11-19(29-2)20(13-18)30-3/h6-11,13,16H,4-5,12,14H2,1-3H3/t16-/m0/s1. The van der Waals surface area contributed by atoms with Crippen LogP contribution in [0.1, 0.15) is 24.7 Å². The summed E-state index contributed by atoms with van der Waals surface area (Å²) in [6.07, 6.45) is 1.46. The van der Waals surface area contributed by atoms with Crippen molar-refractivity contribution < 1.29 is 27.0 Å². The summed E-state index contributed by atoms with van der Waals surface area (Å²) in [7, 11) is 0.862. The molecule has 2 heterocycles. The van der Waals surface area contributed by atoms with Crippen LogP contribution in [-0.2, 0) is 10.0 Å². The molecule has 1 aliphatic heterocycles. The van der Waals surface area contributed by atoms with Crippen LogP contribution >= 0.6 is 0 Å². The summed E-state index contributed by atoms with van der Waals surface area (Å²) in [5.74, 6) is 2.21. The van der Waals surface area contributed by atoms with E-state index < -0.39 is 10.0 Å². The highest BCUT2D eigenvalue weighted by Crippen LogP contribution is 2.34. The molecule has 0 aliphatic carbocycles. The highest BCUT2D eigenvalue weighted by molar-refractivity contribution is 7.89. The van der Waals surface area contributed by atoms with E-state index in [4.69, 9.17) is 18.6 Å². The van der Waals surface area contributed by atoms with Gasteiger partial charge < -0.3 is 18.6 Å². The van der Waals surface area contributed by atoms with E-state index in [1.807, 2.05) is 24.3 Å². The highest BCUT2D eigenvalue weighted by atomic mass is 32.2. The fourth-order valence-electron chi connectivity index (χ4n) is 3.74. The summed E-state index contributed by atoms with van der Waals surface area (Å²) in [5.41, 5.74) is 0.773. The summed E-state index contributed by atoms with van der Waals surface area (Å²) < 4.78 is 49.5. The maximum atomic E-state index is 13.3. The molecule has 0 saturated carbocycles. The van der Waals surface area contributed by atoms with Crippen molar-refractivity contribution in [1.29, 1.82) is 0 Å². The van der Waals surface area contributed by atoms with Gasteiger partial charge in [-0.3, -0.25) is 0 Å². The van der Waals surface area contributed by atoms with Gasteiger partial charge in [-0.15, -0.1) is 10.2 Å². The number of benzene rings is 2. The van der Waals surface area contributed by atoms with Crippen molar-refractivity contribution in [2.24, 2.45) is 0 Å². The first-order valence-corrected chi connectivity index (χ1v) is 11.6. The van der Waals surface area contributed by atoms with Crippen LogP contribution < -0.4 is 14.2 Å². The summed E-state index contributed by atoms with van der Waals surface area (Å²) >= 11 is 0. The van der Waals surface area contributed by atoms with Gasteiger partial charge in [-0.05, 0) is 49.2 Å². The number of rotatable bonds is 7. The molecule has 0 amide bonds. The van der Waals surface area contributed by atoms with E-state index in [-0.39, 0.29) is 17.4 Å². The van der Waals surface area contributed by atoms with E-state index in [1.54, 1.807) is 13.2 Å². The third-order valence-corrected chi connectivity index (χ3v) is 7.36. The van der Waals surface area contributed by atoms with Gasteiger partial charge in [0.2, 0.25) is 21.8 Å². The van der Waals surface area contributed by atoms with Crippen LogP contribution in [0.5, 0.6) is 17.2 Å². The lowest BCUT2D eigenvalue weighted by Crippen LogP contribution is -2.39. The van der Waals surface area contributed by atoms with Crippen molar-refractivity contribution in [3.8, 4) is 28.7 Å². The Morgan fingerprint density at radius 1 is 0.969 bits per heavy atom. The minimum Gasteiger partial charge on any atom is -0.497 e. The number of ether oxygens (including phenoxy) is 3. The van der Waals surface area contributed by atoms with Crippen LogP contribution in [0.25, 0.3) is 11.5 Å². The smallest absolute Gasteiger partial charge is 0.247 e. The second kappa shape index (κ2) is 9.17. The van der Waals surface area contributed by atoms with Crippen molar-refractivity contribution in [1.82, 2.24) is 14.5 Å². The van der Waals surface area contributed by atoms with Gasteiger partial charge >= 0.3 is 0 Å². The maximum absolute atomic E-state index is 13.3. The fraction of sp³-hybridized carbons (Fsp3) is 0.364. The van der Waals surface area contributed by atoms with E-state index in [1.165, 1.54) is 30.7 Å². The highest BCUT2D eigenvalue weighted by Gasteiger charge is 2.33. The Morgan fingerprint density at radius 3 is 2.41 bits per heavy atom.